The highest BCUT2D eigenvalue weighted by Crippen LogP contribution is 2.40. The number of aromatic hydroxyl groups is 1. The molecular weight excluding hydrogens is 388 g/mol. The van der Waals surface area contributed by atoms with Gasteiger partial charge >= 0.3 is 5.97 Å². The van der Waals surface area contributed by atoms with Gasteiger partial charge in [0.25, 0.3) is 10.1 Å². The molecule has 0 aliphatic heterocycles. The van der Waals surface area contributed by atoms with Crippen molar-refractivity contribution in [3.63, 3.8) is 0 Å². The summed E-state index contributed by atoms with van der Waals surface area (Å²) in [6.07, 6.45) is 0. The average Bonchev–Trinajstić information content (AvgIpc) is 2.60. The van der Waals surface area contributed by atoms with E-state index in [-0.39, 0.29) is 39.1 Å². The first-order chi connectivity index (χ1) is 13.1. The Balaban J connectivity index is 2.22. The average molecular weight is 402 g/mol. The molecule has 0 spiro atoms. The van der Waals surface area contributed by atoms with Gasteiger partial charge in [0.15, 0.2) is 0 Å². The minimum atomic E-state index is -4.54. The molecule has 0 atom stereocenters. The van der Waals surface area contributed by atoms with Gasteiger partial charge in [-0.25, -0.2) is 4.79 Å². The van der Waals surface area contributed by atoms with Crippen LogP contribution in [0.2, 0.25) is 0 Å². The molecule has 0 bridgehead atoms. The van der Waals surface area contributed by atoms with E-state index in [9.17, 15) is 28.0 Å². The van der Waals surface area contributed by atoms with Crippen LogP contribution in [0.15, 0.2) is 57.6 Å². The van der Waals surface area contributed by atoms with E-state index in [0.717, 1.165) is 12.1 Å². The van der Waals surface area contributed by atoms with E-state index in [1.165, 1.54) is 30.3 Å². The molecule has 7 N–H and O–H groups in total. The standard InChI is InChI=1S/C17H14N4O6S/c18-9-2-3-11(17(23)24)13(6-9)20-21-16-12(19)4-1-8-5-10(28(25,26)27)7-14(22)15(8)16/h1-7,22H,18-19H2,(H,23,24)(H,25,26,27)/b21-20+. The zero-order chi connectivity index (χ0) is 20.6. The van der Waals surface area contributed by atoms with Crippen molar-refractivity contribution in [2.45, 2.75) is 4.90 Å². The summed E-state index contributed by atoms with van der Waals surface area (Å²) < 4.78 is 31.9. The van der Waals surface area contributed by atoms with Crippen molar-refractivity contribution in [2.24, 2.45) is 10.2 Å². The number of carboxylic acids is 1. The second-order valence-corrected chi connectivity index (χ2v) is 7.22. The second-order valence-electron chi connectivity index (χ2n) is 5.80. The first-order valence-corrected chi connectivity index (χ1v) is 9.09. The minimum absolute atomic E-state index is 0.00403. The van der Waals surface area contributed by atoms with E-state index >= 15 is 0 Å². The van der Waals surface area contributed by atoms with E-state index in [1.54, 1.807) is 0 Å². The van der Waals surface area contributed by atoms with Crippen LogP contribution in [0.1, 0.15) is 10.4 Å². The summed E-state index contributed by atoms with van der Waals surface area (Å²) in [6, 6.07) is 8.80. The van der Waals surface area contributed by atoms with Gasteiger partial charge in [-0.3, -0.25) is 4.55 Å². The van der Waals surface area contributed by atoms with Gasteiger partial charge in [-0.2, -0.15) is 8.42 Å². The largest absolute Gasteiger partial charge is 0.507 e. The molecule has 28 heavy (non-hydrogen) atoms. The summed E-state index contributed by atoms with van der Waals surface area (Å²) in [5, 5.41) is 27.6. The van der Waals surface area contributed by atoms with Gasteiger partial charge in [0, 0.05) is 11.8 Å². The third-order valence-corrected chi connectivity index (χ3v) is 4.71. The van der Waals surface area contributed by atoms with Crippen LogP contribution in [0.5, 0.6) is 5.75 Å². The number of aromatic carboxylic acids is 1. The van der Waals surface area contributed by atoms with Gasteiger partial charge in [-0.1, -0.05) is 6.07 Å². The van der Waals surface area contributed by atoms with Gasteiger partial charge < -0.3 is 21.7 Å². The molecule has 0 aliphatic carbocycles. The van der Waals surface area contributed by atoms with Crippen LogP contribution in [-0.4, -0.2) is 29.2 Å². The van der Waals surface area contributed by atoms with E-state index in [4.69, 9.17) is 11.5 Å². The highest BCUT2D eigenvalue weighted by atomic mass is 32.2. The fourth-order valence-corrected chi connectivity index (χ4v) is 3.12. The molecule has 3 aromatic carbocycles. The van der Waals surface area contributed by atoms with Gasteiger partial charge in [-0.15, -0.1) is 10.2 Å². The third-order valence-electron chi connectivity index (χ3n) is 3.88. The monoisotopic (exact) mass is 402 g/mol. The van der Waals surface area contributed by atoms with Crippen molar-refractivity contribution in [2.75, 3.05) is 11.5 Å². The molecule has 0 heterocycles. The normalized spacial score (nSPS) is 11.9. The van der Waals surface area contributed by atoms with Crippen LogP contribution in [-0.2, 0) is 10.1 Å². The van der Waals surface area contributed by atoms with Crippen molar-refractivity contribution < 1.29 is 28.0 Å². The molecule has 11 heteroatoms. The van der Waals surface area contributed by atoms with Crippen LogP contribution in [0.25, 0.3) is 10.8 Å². The molecule has 144 valence electrons. The number of nitrogen functional groups attached to an aromatic ring is 2. The summed E-state index contributed by atoms with van der Waals surface area (Å²) >= 11 is 0. The molecule has 0 aliphatic rings. The van der Waals surface area contributed by atoms with Crippen molar-refractivity contribution in [3.05, 3.63) is 48.0 Å². The molecule has 0 saturated carbocycles. The number of nitrogens with zero attached hydrogens (tertiary/aromatic N) is 2. The fraction of sp³-hybridized carbons (Fsp3) is 0. The molecule has 0 unspecified atom stereocenters. The number of phenols is 1. The summed E-state index contributed by atoms with van der Waals surface area (Å²) in [5.41, 5.74) is 11.8. The van der Waals surface area contributed by atoms with Crippen molar-refractivity contribution in [3.8, 4) is 5.75 Å². The number of azo groups is 1. The van der Waals surface area contributed by atoms with Gasteiger partial charge in [0.2, 0.25) is 0 Å². The van der Waals surface area contributed by atoms with Crippen LogP contribution < -0.4 is 11.5 Å². The van der Waals surface area contributed by atoms with Crippen molar-refractivity contribution in [1.29, 1.82) is 0 Å². The molecule has 0 radical (unpaired) electrons. The summed E-state index contributed by atoms with van der Waals surface area (Å²) in [7, 11) is -4.54. The van der Waals surface area contributed by atoms with E-state index in [1.807, 2.05) is 0 Å². The lowest BCUT2D eigenvalue weighted by Gasteiger charge is -2.09. The van der Waals surface area contributed by atoms with Crippen LogP contribution in [0.3, 0.4) is 0 Å². The Morgan fingerprint density at radius 1 is 1.00 bits per heavy atom. The maximum Gasteiger partial charge on any atom is 0.337 e. The van der Waals surface area contributed by atoms with Crippen LogP contribution >= 0.6 is 0 Å². The molecule has 10 nitrogen and oxygen atoms in total. The zero-order valence-electron chi connectivity index (χ0n) is 14.1. The first-order valence-electron chi connectivity index (χ1n) is 7.65. The maximum atomic E-state index is 11.3. The Morgan fingerprint density at radius 3 is 2.36 bits per heavy atom. The topological polar surface area (TPSA) is 189 Å². The zero-order valence-corrected chi connectivity index (χ0v) is 14.9. The van der Waals surface area contributed by atoms with Gasteiger partial charge in [0.05, 0.1) is 21.5 Å². The smallest absolute Gasteiger partial charge is 0.337 e. The Kier molecular flexibility index (Phi) is 4.63. The lowest BCUT2D eigenvalue weighted by Crippen LogP contribution is -1.98. The molecule has 0 fully saturated rings. The number of rotatable bonds is 4. The maximum absolute atomic E-state index is 11.3. The lowest BCUT2D eigenvalue weighted by atomic mass is 10.1. The van der Waals surface area contributed by atoms with Crippen LogP contribution in [0.4, 0.5) is 22.7 Å². The van der Waals surface area contributed by atoms with Gasteiger partial charge in [-0.05, 0) is 35.7 Å². The number of benzene rings is 3. The molecule has 3 aromatic rings. The van der Waals surface area contributed by atoms with E-state index in [2.05, 4.69) is 10.2 Å². The highest BCUT2D eigenvalue weighted by molar-refractivity contribution is 7.85. The Bertz CT molecular complexity index is 1250. The Labute approximate surface area is 158 Å². The van der Waals surface area contributed by atoms with Crippen molar-refractivity contribution in [1.82, 2.24) is 0 Å². The predicted octanol–water partition coefficient (Wildman–Crippen LogP) is 3.07. The number of anilines is 2. The first kappa shape index (κ1) is 19.1. The predicted molar refractivity (Wildman–Crippen MR) is 102 cm³/mol. The van der Waals surface area contributed by atoms with Crippen molar-refractivity contribution >= 4 is 49.6 Å². The summed E-state index contributed by atoms with van der Waals surface area (Å²) in [6.45, 7) is 0. The third kappa shape index (κ3) is 3.56. The quantitative estimate of drug-likeness (QED) is 0.250. The molecule has 0 amide bonds. The number of carbonyl (C=O) groups is 1. The summed E-state index contributed by atoms with van der Waals surface area (Å²) in [4.78, 5) is 10.8. The number of fused-ring (bicyclic) bond motifs is 1. The molecule has 3 rings (SSSR count). The number of hydrogen-bond acceptors (Lipinski definition) is 8. The molecule has 0 aromatic heterocycles. The number of carboxylic acid groups (broad SMARTS) is 1. The number of nitrogens with two attached hydrogens (primary N) is 2. The van der Waals surface area contributed by atoms with E-state index in [0.29, 0.717) is 0 Å². The Hall–Kier alpha value is -3.70. The van der Waals surface area contributed by atoms with Crippen LogP contribution in [0, 0.1) is 0 Å². The molecule has 0 saturated heterocycles. The number of hydrogen-bond donors (Lipinski definition) is 5. The second kappa shape index (κ2) is 6.79. The highest BCUT2D eigenvalue weighted by Gasteiger charge is 2.17. The minimum Gasteiger partial charge on any atom is -0.507 e. The molecular formula is C17H14N4O6S. The Morgan fingerprint density at radius 2 is 1.71 bits per heavy atom. The summed E-state index contributed by atoms with van der Waals surface area (Å²) in [5.74, 6) is -1.74. The van der Waals surface area contributed by atoms with Gasteiger partial charge in [0.1, 0.15) is 17.1 Å². The lowest BCUT2D eigenvalue weighted by molar-refractivity contribution is 0.0697. The van der Waals surface area contributed by atoms with E-state index < -0.39 is 26.7 Å². The number of phenolic OH excluding ortho intramolecular Hbond substituents is 1. The SMILES string of the molecule is Nc1ccc(C(=O)O)c(/N=N/c2c(N)ccc3cc(S(=O)(=O)O)cc(O)c23)c1. The fourth-order valence-electron chi connectivity index (χ4n) is 2.59.